The Bertz CT molecular complexity index is 486. The lowest BCUT2D eigenvalue weighted by Gasteiger charge is -2.29. The average molecular weight is 287 g/mol. The smallest absolute Gasteiger partial charge is 0.240 e. The third-order valence-corrected chi connectivity index (χ3v) is 3.89. The molecule has 1 fully saturated rings. The molecule has 1 aliphatic rings. The van der Waals surface area contributed by atoms with Crippen molar-refractivity contribution in [3.05, 3.63) is 42.2 Å². The monoisotopic (exact) mass is 287 g/mol. The van der Waals surface area contributed by atoms with Crippen molar-refractivity contribution in [2.45, 2.75) is 39.3 Å². The maximum atomic E-state index is 12.7. The van der Waals surface area contributed by atoms with Crippen LogP contribution in [0.15, 0.2) is 36.5 Å². The first kappa shape index (κ1) is 15.7. The van der Waals surface area contributed by atoms with Crippen LogP contribution >= 0.6 is 0 Å². The fourth-order valence-corrected chi connectivity index (χ4v) is 2.88. The zero-order valence-corrected chi connectivity index (χ0v) is 13.1. The summed E-state index contributed by atoms with van der Waals surface area (Å²) in [5, 5.41) is 0. The van der Waals surface area contributed by atoms with Crippen molar-refractivity contribution in [3.63, 3.8) is 0 Å². The van der Waals surface area contributed by atoms with Crippen LogP contribution in [0.1, 0.15) is 32.4 Å². The molecule has 1 saturated heterocycles. The molecule has 2 rings (SSSR count). The fourth-order valence-electron chi connectivity index (χ4n) is 2.88. The highest BCUT2D eigenvalue weighted by atomic mass is 16.2. The minimum Gasteiger partial charge on any atom is -0.338 e. The number of nitrogens with zero attached hydrogens (tertiary/aromatic N) is 3. The van der Waals surface area contributed by atoms with E-state index in [0.717, 1.165) is 43.7 Å². The predicted octanol–water partition coefficient (Wildman–Crippen LogP) is 2.47. The van der Waals surface area contributed by atoms with E-state index in [1.165, 1.54) is 0 Å². The molecule has 4 nitrogen and oxygen atoms in total. The van der Waals surface area contributed by atoms with Crippen LogP contribution in [0.3, 0.4) is 0 Å². The van der Waals surface area contributed by atoms with E-state index in [-0.39, 0.29) is 11.9 Å². The molecule has 0 spiro atoms. The van der Waals surface area contributed by atoms with Gasteiger partial charge in [-0.3, -0.25) is 14.7 Å². The van der Waals surface area contributed by atoms with Crippen LogP contribution in [-0.4, -0.2) is 46.4 Å². The van der Waals surface area contributed by atoms with Crippen molar-refractivity contribution in [2.75, 3.05) is 19.6 Å². The number of amides is 1. The molecule has 114 valence electrons. The number of hydrogen-bond acceptors (Lipinski definition) is 3. The van der Waals surface area contributed by atoms with Gasteiger partial charge in [-0.05, 0) is 45.4 Å². The van der Waals surface area contributed by atoms with E-state index in [0.29, 0.717) is 6.54 Å². The van der Waals surface area contributed by atoms with Crippen molar-refractivity contribution in [3.8, 4) is 0 Å². The summed E-state index contributed by atoms with van der Waals surface area (Å²) in [7, 11) is 0. The summed E-state index contributed by atoms with van der Waals surface area (Å²) >= 11 is 0. The van der Waals surface area contributed by atoms with Gasteiger partial charge < -0.3 is 4.90 Å². The van der Waals surface area contributed by atoms with E-state index in [1.54, 1.807) is 0 Å². The van der Waals surface area contributed by atoms with Gasteiger partial charge in [-0.25, -0.2) is 0 Å². The second-order valence-electron chi connectivity index (χ2n) is 5.76. The second-order valence-corrected chi connectivity index (χ2v) is 5.76. The average Bonchev–Trinajstić information content (AvgIpc) is 2.93. The standard InChI is InChI=1S/C17H25N3O/c1-4-19(12-14(2)3)17(21)16-9-7-11-20(16)13-15-8-5-6-10-18-15/h5-6,8,10,16H,2,4,7,9,11-13H2,1,3H3/t16-/m0/s1. The van der Waals surface area contributed by atoms with Crippen LogP contribution in [0.5, 0.6) is 0 Å². The molecule has 0 aliphatic carbocycles. The van der Waals surface area contributed by atoms with E-state index in [9.17, 15) is 4.79 Å². The number of carbonyl (C=O) groups is 1. The number of carbonyl (C=O) groups excluding carboxylic acids is 1. The zero-order valence-electron chi connectivity index (χ0n) is 13.1. The van der Waals surface area contributed by atoms with Gasteiger partial charge in [0.15, 0.2) is 0 Å². The van der Waals surface area contributed by atoms with Crippen LogP contribution < -0.4 is 0 Å². The molecule has 0 bridgehead atoms. The van der Waals surface area contributed by atoms with Crippen molar-refractivity contribution in [1.82, 2.24) is 14.8 Å². The minimum atomic E-state index is -0.00805. The van der Waals surface area contributed by atoms with Crippen molar-refractivity contribution in [2.24, 2.45) is 0 Å². The van der Waals surface area contributed by atoms with Crippen LogP contribution in [-0.2, 0) is 11.3 Å². The lowest BCUT2D eigenvalue weighted by molar-refractivity contribution is -0.135. The molecule has 4 heteroatoms. The predicted molar refractivity (Wildman–Crippen MR) is 84.7 cm³/mol. The zero-order chi connectivity index (χ0) is 15.2. The van der Waals surface area contributed by atoms with Gasteiger partial charge in [-0.2, -0.15) is 0 Å². The molecule has 1 aromatic heterocycles. The van der Waals surface area contributed by atoms with Gasteiger partial charge in [0, 0.05) is 25.8 Å². The molecule has 0 unspecified atom stereocenters. The maximum absolute atomic E-state index is 12.7. The van der Waals surface area contributed by atoms with Gasteiger partial charge in [-0.15, -0.1) is 0 Å². The fraction of sp³-hybridized carbons (Fsp3) is 0.529. The Kier molecular flexibility index (Phi) is 5.51. The molecular weight excluding hydrogens is 262 g/mol. The van der Waals surface area contributed by atoms with Gasteiger partial charge in [0.05, 0.1) is 11.7 Å². The molecule has 21 heavy (non-hydrogen) atoms. The van der Waals surface area contributed by atoms with Gasteiger partial charge in [0.1, 0.15) is 0 Å². The van der Waals surface area contributed by atoms with Crippen molar-refractivity contribution in [1.29, 1.82) is 0 Å². The number of likely N-dealkylation sites (tertiary alicyclic amines) is 1. The second kappa shape index (κ2) is 7.36. The molecule has 1 aromatic rings. The molecular formula is C17H25N3O. The summed E-state index contributed by atoms with van der Waals surface area (Å²) in [6.45, 7) is 11.0. The highest BCUT2D eigenvalue weighted by molar-refractivity contribution is 5.82. The van der Waals surface area contributed by atoms with E-state index in [2.05, 4.69) is 16.5 Å². The summed E-state index contributed by atoms with van der Waals surface area (Å²) in [6.07, 6.45) is 3.83. The first-order chi connectivity index (χ1) is 10.1. The Morgan fingerprint density at radius 2 is 2.33 bits per heavy atom. The molecule has 1 atom stereocenters. The Hall–Kier alpha value is -1.68. The third kappa shape index (κ3) is 4.14. The summed E-state index contributed by atoms with van der Waals surface area (Å²) in [4.78, 5) is 21.3. The van der Waals surface area contributed by atoms with E-state index < -0.39 is 0 Å². The molecule has 1 aliphatic heterocycles. The highest BCUT2D eigenvalue weighted by Crippen LogP contribution is 2.21. The summed E-state index contributed by atoms with van der Waals surface area (Å²) in [5.74, 6) is 0.230. The number of likely N-dealkylation sites (N-methyl/N-ethyl adjacent to an activating group) is 1. The van der Waals surface area contributed by atoms with Crippen LogP contribution in [0.25, 0.3) is 0 Å². The first-order valence-electron chi connectivity index (χ1n) is 7.69. The van der Waals surface area contributed by atoms with E-state index in [1.807, 2.05) is 43.1 Å². The quantitative estimate of drug-likeness (QED) is 0.754. The Morgan fingerprint density at radius 1 is 1.52 bits per heavy atom. The van der Waals surface area contributed by atoms with Gasteiger partial charge in [0.2, 0.25) is 5.91 Å². The third-order valence-electron chi connectivity index (χ3n) is 3.89. The van der Waals surface area contributed by atoms with E-state index >= 15 is 0 Å². The molecule has 0 radical (unpaired) electrons. The lowest BCUT2D eigenvalue weighted by Crippen LogP contribution is -2.45. The van der Waals surface area contributed by atoms with Gasteiger partial charge >= 0.3 is 0 Å². The summed E-state index contributed by atoms with van der Waals surface area (Å²) in [6, 6.07) is 5.92. The van der Waals surface area contributed by atoms with E-state index in [4.69, 9.17) is 0 Å². The minimum absolute atomic E-state index is 0.00805. The highest BCUT2D eigenvalue weighted by Gasteiger charge is 2.33. The number of aromatic nitrogens is 1. The SMILES string of the molecule is C=C(C)CN(CC)C(=O)[C@@H]1CCCN1Cc1ccccn1. The van der Waals surface area contributed by atoms with Crippen molar-refractivity contribution >= 4 is 5.91 Å². The number of pyridine rings is 1. The Morgan fingerprint density at radius 3 is 2.95 bits per heavy atom. The normalized spacial score (nSPS) is 18.7. The Balaban J connectivity index is 2.03. The van der Waals surface area contributed by atoms with Crippen LogP contribution in [0.2, 0.25) is 0 Å². The molecule has 1 amide bonds. The maximum Gasteiger partial charge on any atom is 0.240 e. The topological polar surface area (TPSA) is 36.4 Å². The molecule has 0 N–H and O–H groups in total. The molecule has 0 aromatic carbocycles. The number of rotatable bonds is 6. The summed E-state index contributed by atoms with van der Waals surface area (Å²) in [5.41, 5.74) is 2.06. The molecule has 0 saturated carbocycles. The first-order valence-corrected chi connectivity index (χ1v) is 7.69. The van der Waals surface area contributed by atoms with Crippen molar-refractivity contribution < 1.29 is 4.79 Å². The van der Waals surface area contributed by atoms with Gasteiger partial charge in [-0.1, -0.05) is 18.2 Å². The van der Waals surface area contributed by atoms with Gasteiger partial charge in [0.25, 0.3) is 0 Å². The lowest BCUT2D eigenvalue weighted by atomic mass is 10.1. The van der Waals surface area contributed by atoms with Crippen LogP contribution in [0.4, 0.5) is 0 Å². The Labute approximate surface area is 127 Å². The summed E-state index contributed by atoms with van der Waals surface area (Å²) < 4.78 is 0. The van der Waals surface area contributed by atoms with Crippen LogP contribution in [0, 0.1) is 0 Å². The largest absolute Gasteiger partial charge is 0.338 e. The molecule has 2 heterocycles. The number of hydrogen-bond donors (Lipinski definition) is 0.